The van der Waals surface area contributed by atoms with Gasteiger partial charge in [0.15, 0.2) is 5.82 Å². The molecule has 0 spiro atoms. The maximum atomic E-state index is 13.7. The maximum Gasteiger partial charge on any atom is 0.416 e. The molecule has 1 aliphatic heterocycles. The lowest BCUT2D eigenvalue weighted by Crippen LogP contribution is -2.43. The second-order valence-corrected chi connectivity index (χ2v) is 10.4. The van der Waals surface area contributed by atoms with Gasteiger partial charge in [-0.1, -0.05) is 18.2 Å². The number of nitrogens with one attached hydrogen (secondary N) is 2. The molecule has 40 heavy (non-hydrogen) atoms. The van der Waals surface area contributed by atoms with Gasteiger partial charge in [0.25, 0.3) is 6.43 Å². The summed E-state index contributed by atoms with van der Waals surface area (Å²) in [6.45, 7) is 3.10. The highest BCUT2D eigenvalue weighted by atomic mass is 19.4. The van der Waals surface area contributed by atoms with Gasteiger partial charge >= 0.3 is 6.18 Å². The van der Waals surface area contributed by atoms with E-state index in [9.17, 15) is 22.0 Å². The molecule has 1 atom stereocenters. The quantitative estimate of drug-likeness (QED) is 0.274. The Kier molecular flexibility index (Phi) is 8.16. The van der Waals surface area contributed by atoms with Gasteiger partial charge in [0, 0.05) is 55.2 Å². The highest BCUT2D eigenvalue weighted by Crippen LogP contribution is 2.39. The Morgan fingerprint density at radius 3 is 2.42 bits per heavy atom. The van der Waals surface area contributed by atoms with Crippen LogP contribution in [0.3, 0.4) is 0 Å². The maximum absolute atomic E-state index is 13.7. The summed E-state index contributed by atoms with van der Waals surface area (Å²) in [4.78, 5) is 6.02. The lowest BCUT2D eigenvalue weighted by molar-refractivity contribution is -0.138. The number of methoxy groups -OCH3 is 1. The molecular formula is C28H33F5N6O. The van der Waals surface area contributed by atoms with Crippen molar-refractivity contribution < 1.29 is 26.7 Å². The fourth-order valence-electron chi connectivity index (χ4n) is 5.32. The van der Waals surface area contributed by atoms with Crippen LogP contribution in [0.25, 0.3) is 0 Å². The van der Waals surface area contributed by atoms with Crippen molar-refractivity contribution in [3.63, 3.8) is 0 Å². The fourth-order valence-corrected chi connectivity index (χ4v) is 5.32. The molecule has 2 aliphatic rings. The van der Waals surface area contributed by atoms with Crippen LogP contribution in [0.1, 0.15) is 73.4 Å². The van der Waals surface area contributed by atoms with Gasteiger partial charge in [-0.2, -0.15) is 18.3 Å². The van der Waals surface area contributed by atoms with E-state index in [2.05, 4.69) is 20.7 Å². The van der Waals surface area contributed by atoms with Crippen molar-refractivity contribution in [3.8, 4) is 5.88 Å². The first-order valence-corrected chi connectivity index (χ1v) is 13.5. The normalized spacial score (nSPS) is 17.4. The molecule has 1 aliphatic carbocycles. The number of alkyl halides is 5. The Bertz CT molecular complexity index is 1300. The van der Waals surface area contributed by atoms with Gasteiger partial charge < -0.3 is 20.3 Å². The van der Waals surface area contributed by atoms with Crippen LogP contribution in [0.5, 0.6) is 5.88 Å². The number of halogens is 5. The molecule has 1 unspecified atom stereocenters. The van der Waals surface area contributed by atoms with E-state index in [-0.39, 0.29) is 35.6 Å². The summed E-state index contributed by atoms with van der Waals surface area (Å²) in [6, 6.07) is 7.16. The van der Waals surface area contributed by atoms with Crippen molar-refractivity contribution in [2.75, 3.05) is 30.4 Å². The van der Waals surface area contributed by atoms with Crippen LogP contribution in [0.2, 0.25) is 0 Å². The van der Waals surface area contributed by atoms with Crippen molar-refractivity contribution in [3.05, 3.63) is 65.0 Å². The summed E-state index contributed by atoms with van der Waals surface area (Å²) in [6.07, 6.45) is -0.305. The van der Waals surface area contributed by atoms with E-state index in [1.165, 1.54) is 31.5 Å². The predicted octanol–water partition coefficient (Wildman–Crippen LogP) is 6.51. The highest BCUT2D eigenvalue weighted by Gasteiger charge is 2.33. The third kappa shape index (κ3) is 6.16. The molecule has 2 aromatic heterocycles. The van der Waals surface area contributed by atoms with Gasteiger partial charge in [0.2, 0.25) is 5.88 Å². The number of rotatable bonds is 10. The molecular weight excluding hydrogens is 531 g/mol. The SMILES string of the molecule is COc1nccc(C(F)F)c1N1CCC(NC(C)c2cn(C3CC3)nc2NCc2ccccc2C(F)(F)F)CC1. The fraction of sp³-hybridized carbons (Fsp3) is 0.500. The largest absolute Gasteiger partial charge is 0.480 e. The molecule has 0 radical (unpaired) electrons. The summed E-state index contributed by atoms with van der Waals surface area (Å²) in [7, 11) is 1.42. The zero-order chi connectivity index (χ0) is 28.4. The second kappa shape index (κ2) is 11.6. The first-order valence-electron chi connectivity index (χ1n) is 13.5. The summed E-state index contributed by atoms with van der Waals surface area (Å²) in [5.74, 6) is 0.746. The summed E-state index contributed by atoms with van der Waals surface area (Å²) in [5, 5.41) is 11.4. The number of nitrogens with zero attached hydrogens (tertiary/aromatic N) is 4. The van der Waals surface area contributed by atoms with Gasteiger partial charge in [-0.15, -0.1) is 0 Å². The monoisotopic (exact) mass is 564 g/mol. The number of piperidine rings is 1. The van der Waals surface area contributed by atoms with Gasteiger partial charge in [0.05, 0.1) is 18.7 Å². The van der Waals surface area contributed by atoms with E-state index in [1.807, 2.05) is 22.7 Å². The number of anilines is 2. The Hall–Kier alpha value is -3.41. The minimum atomic E-state index is -4.44. The summed E-state index contributed by atoms with van der Waals surface area (Å²) >= 11 is 0. The van der Waals surface area contributed by atoms with Crippen LogP contribution >= 0.6 is 0 Å². The number of hydrogen-bond donors (Lipinski definition) is 2. The minimum absolute atomic E-state index is 0.00507. The van der Waals surface area contributed by atoms with Crippen LogP contribution in [-0.4, -0.2) is 41.0 Å². The number of hydrogen-bond acceptors (Lipinski definition) is 6. The standard InChI is InChI=1S/C28H33F5N6O/c1-17(36-19-10-13-38(14-11-19)24-21(25(29)30)9-12-34-27(24)40-2)22-16-39(20-7-8-20)37-26(22)35-15-18-5-3-4-6-23(18)28(31,32)33/h3-6,9,12,16-17,19-20,25,36H,7-8,10-11,13-15H2,1-2H3,(H,35,37). The number of pyridine rings is 1. The molecule has 7 nitrogen and oxygen atoms in total. The molecule has 3 aromatic rings. The van der Waals surface area contributed by atoms with Gasteiger partial charge in [-0.05, 0) is 50.3 Å². The number of benzene rings is 1. The van der Waals surface area contributed by atoms with E-state index >= 15 is 0 Å². The van der Waals surface area contributed by atoms with Crippen molar-refractivity contribution in [1.29, 1.82) is 0 Å². The molecule has 5 rings (SSSR count). The van der Waals surface area contributed by atoms with Crippen molar-refractivity contribution in [2.24, 2.45) is 0 Å². The lowest BCUT2D eigenvalue weighted by Gasteiger charge is -2.36. The second-order valence-electron chi connectivity index (χ2n) is 10.4. The third-order valence-corrected chi connectivity index (χ3v) is 7.56. The van der Waals surface area contributed by atoms with E-state index < -0.39 is 18.2 Å². The van der Waals surface area contributed by atoms with Gasteiger partial charge in [-0.25, -0.2) is 13.8 Å². The molecule has 0 amide bonds. The number of aromatic nitrogens is 3. The van der Waals surface area contributed by atoms with E-state index in [4.69, 9.17) is 4.74 Å². The van der Waals surface area contributed by atoms with Crippen LogP contribution in [0, 0.1) is 0 Å². The van der Waals surface area contributed by atoms with Crippen molar-refractivity contribution in [1.82, 2.24) is 20.1 Å². The summed E-state index contributed by atoms with van der Waals surface area (Å²) < 4.78 is 75.0. The molecule has 216 valence electrons. The van der Waals surface area contributed by atoms with Crippen molar-refractivity contribution in [2.45, 2.75) is 69.9 Å². The highest BCUT2D eigenvalue weighted by molar-refractivity contribution is 5.61. The zero-order valence-corrected chi connectivity index (χ0v) is 22.4. The van der Waals surface area contributed by atoms with Gasteiger partial charge in [-0.3, -0.25) is 4.68 Å². The zero-order valence-electron chi connectivity index (χ0n) is 22.4. The molecule has 2 N–H and O–H groups in total. The topological polar surface area (TPSA) is 67.2 Å². The Morgan fingerprint density at radius 2 is 1.77 bits per heavy atom. The van der Waals surface area contributed by atoms with Crippen LogP contribution in [0.4, 0.5) is 33.5 Å². The first-order chi connectivity index (χ1) is 19.2. The molecule has 1 saturated heterocycles. The average molecular weight is 565 g/mol. The van der Waals surface area contributed by atoms with E-state index in [1.54, 1.807) is 6.07 Å². The Labute approximate surface area is 229 Å². The van der Waals surface area contributed by atoms with Crippen LogP contribution < -0.4 is 20.3 Å². The predicted molar refractivity (Wildman–Crippen MR) is 142 cm³/mol. The van der Waals surface area contributed by atoms with E-state index in [0.29, 0.717) is 43.5 Å². The first kappa shape index (κ1) is 28.1. The molecule has 12 heteroatoms. The summed E-state index contributed by atoms with van der Waals surface area (Å²) in [5.41, 5.74) is 0.616. The lowest BCUT2D eigenvalue weighted by atomic mass is 10.0. The molecule has 0 bridgehead atoms. The Morgan fingerprint density at radius 1 is 1.05 bits per heavy atom. The van der Waals surface area contributed by atoms with Crippen LogP contribution in [0.15, 0.2) is 42.7 Å². The smallest absolute Gasteiger partial charge is 0.416 e. The number of ether oxygens (including phenoxy) is 1. The average Bonchev–Trinajstić information content (AvgIpc) is 3.70. The molecule has 1 aromatic carbocycles. The van der Waals surface area contributed by atoms with Crippen LogP contribution in [-0.2, 0) is 12.7 Å². The molecule has 3 heterocycles. The molecule has 1 saturated carbocycles. The van der Waals surface area contributed by atoms with Gasteiger partial charge in [0.1, 0.15) is 5.69 Å². The third-order valence-electron chi connectivity index (χ3n) is 7.56. The van der Waals surface area contributed by atoms with E-state index in [0.717, 1.165) is 24.5 Å². The minimum Gasteiger partial charge on any atom is -0.480 e. The molecule has 2 fully saturated rings. The van der Waals surface area contributed by atoms with Crippen molar-refractivity contribution >= 4 is 11.5 Å². The Balaban J connectivity index is 1.26.